The standard InChI is InChI=1S/C16H22ClNO4/c1-3-6-22-15-13(17)7-11(8-14(15)21-2)9-18-5-4-12(10-18)16(19)20/h7-8,12H,3-6,9-10H2,1-2H3,(H,19,20). The predicted octanol–water partition coefficient (Wildman–Crippen LogP) is 3.04. The summed E-state index contributed by atoms with van der Waals surface area (Å²) in [6.07, 6.45) is 1.59. The average molecular weight is 328 g/mol. The zero-order valence-electron chi connectivity index (χ0n) is 13.0. The van der Waals surface area contributed by atoms with Gasteiger partial charge in [-0.05, 0) is 37.1 Å². The smallest absolute Gasteiger partial charge is 0.307 e. The molecule has 1 fully saturated rings. The Kier molecular flexibility index (Phi) is 5.91. The van der Waals surface area contributed by atoms with Crippen LogP contribution in [-0.2, 0) is 11.3 Å². The summed E-state index contributed by atoms with van der Waals surface area (Å²) in [5, 5.41) is 9.58. The van der Waals surface area contributed by atoms with Gasteiger partial charge in [0, 0.05) is 13.1 Å². The highest BCUT2D eigenvalue weighted by molar-refractivity contribution is 6.32. The van der Waals surface area contributed by atoms with Crippen LogP contribution in [0.1, 0.15) is 25.3 Å². The van der Waals surface area contributed by atoms with E-state index >= 15 is 0 Å². The number of halogens is 1. The van der Waals surface area contributed by atoms with E-state index in [-0.39, 0.29) is 5.92 Å². The Hall–Kier alpha value is -1.46. The number of carboxylic acids is 1. The lowest BCUT2D eigenvalue weighted by Crippen LogP contribution is -2.22. The van der Waals surface area contributed by atoms with Gasteiger partial charge >= 0.3 is 5.97 Å². The van der Waals surface area contributed by atoms with E-state index in [1.807, 2.05) is 19.1 Å². The van der Waals surface area contributed by atoms with Crippen molar-refractivity contribution in [2.75, 3.05) is 26.8 Å². The number of nitrogens with zero attached hydrogens (tertiary/aromatic N) is 1. The van der Waals surface area contributed by atoms with Gasteiger partial charge < -0.3 is 14.6 Å². The van der Waals surface area contributed by atoms with Crippen LogP contribution >= 0.6 is 11.6 Å². The molecule has 0 amide bonds. The van der Waals surface area contributed by atoms with Gasteiger partial charge in [-0.25, -0.2) is 0 Å². The van der Waals surface area contributed by atoms with Crippen molar-refractivity contribution in [2.24, 2.45) is 5.92 Å². The fourth-order valence-electron chi connectivity index (χ4n) is 2.64. The quantitative estimate of drug-likeness (QED) is 0.834. The first-order valence-corrected chi connectivity index (χ1v) is 7.87. The fraction of sp³-hybridized carbons (Fsp3) is 0.562. The van der Waals surface area contributed by atoms with Crippen LogP contribution in [0.2, 0.25) is 5.02 Å². The van der Waals surface area contributed by atoms with Crippen molar-refractivity contribution in [1.82, 2.24) is 4.90 Å². The van der Waals surface area contributed by atoms with Gasteiger partial charge in [0.1, 0.15) is 0 Å². The van der Waals surface area contributed by atoms with Gasteiger partial charge in [0.15, 0.2) is 11.5 Å². The number of hydrogen-bond donors (Lipinski definition) is 1. The molecule has 1 aromatic rings. The van der Waals surface area contributed by atoms with Crippen LogP contribution < -0.4 is 9.47 Å². The highest BCUT2D eigenvalue weighted by Gasteiger charge is 2.28. The summed E-state index contributed by atoms with van der Waals surface area (Å²) < 4.78 is 11.0. The van der Waals surface area contributed by atoms with E-state index in [9.17, 15) is 4.79 Å². The predicted molar refractivity (Wildman–Crippen MR) is 84.8 cm³/mol. The number of rotatable bonds is 7. The van der Waals surface area contributed by atoms with Gasteiger partial charge in [-0.3, -0.25) is 9.69 Å². The van der Waals surface area contributed by atoms with Gasteiger partial charge in [0.2, 0.25) is 0 Å². The third kappa shape index (κ3) is 4.05. The molecule has 0 radical (unpaired) electrons. The molecular formula is C16H22ClNO4. The first-order chi connectivity index (χ1) is 10.5. The van der Waals surface area contributed by atoms with E-state index in [4.69, 9.17) is 26.2 Å². The first-order valence-electron chi connectivity index (χ1n) is 7.49. The monoisotopic (exact) mass is 327 g/mol. The maximum Gasteiger partial charge on any atom is 0.307 e. The fourth-order valence-corrected chi connectivity index (χ4v) is 2.93. The molecule has 1 N–H and O–H groups in total. The Labute approximate surface area is 135 Å². The van der Waals surface area contributed by atoms with Crippen molar-refractivity contribution in [3.63, 3.8) is 0 Å². The highest BCUT2D eigenvalue weighted by Crippen LogP contribution is 2.37. The minimum atomic E-state index is -0.721. The lowest BCUT2D eigenvalue weighted by atomic mass is 10.1. The minimum absolute atomic E-state index is 0.274. The topological polar surface area (TPSA) is 59.0 Å². The van der Waals surface area contributed by atoms with Crippen molar-refractivity contribution in [1.29, 1.82) is 0 Å². The van der Waals surface area contributed by atoms with Crippen LogP contribution in [0.15, 0.2) is 12.1 Å². The summed E-state index contributed by atoms with van der Waals surface area (Å²) >= 11 is 6.30. The number of ether oxygens (including phenoxy) is 2. The second-order valence-electron chi connectivity index (χ2n) is 5.52. The van der Waals surface area contributed by atoms with Gasteiger partial charge in [-0.1, -0.05) is 18.5 Å². The number of likely N-dealkylation sites (tertiary alicyclic amines) is 1. The van der Waals surface area contributed by atoms with Crippen LogP contribution in [0.25, 0.3) is 0 Å². The lowest BCUT2D eigenvalue weighted by Gasteiger charge is -2.18. The number of benzene rings is 1. The molecule has 1 aliphatic rings. The van der Waals surface area contributed by atoms with E-state index < -0.39 is 5.97 Å². The summed E-state index contributed by atoms with van der Waals surface area (Å²) in [4.78, 5) is 13.1. The maximum absolute atomic E-state index is 11.0. The van der Waals surface area contributed by atoms with Crippen LogP contribution in [-0.4, -0.2) is 42.8 Å². The summed E-state index contributed by atoms with van der Waals surface area (Å²) in [7, 11) is 1.59. The second kappa shape index (κ2) is 7.70. The van der Waals surface area contributed by atoms with E-state index in [1.165, 1.54) is 0 Å². The van der Waals surface area contributed by atoms with Gasteiger partial charge in [-0.2, -0.15) is 0 Å². The molecule has 0 saturated carbocycles. The Morgan fingerprint density at radius 3 is 2.86 bits per heavy atom. The molecule has 0 spiro atoms. The molecule has 0 aliphatic carbocycles. The van der Waals surface area contributed by atoms with E-state index in [0.717, 1.165) is 18.5 Å². The van der Waals surface area contributed by atoms with Crippen molar-refractivity contribution in [2.45, 2.75) is 26.3 Å². The summed E-state index contributed by atoms with van der Waals surface area (Å²) in [5.74, 6) is 0.190. The third-order valence-electron chi connectivity index (χ3n) is 3.77. The number of methoxy groups -OCH3 is 1. The van der Waals surface area contributed by atoms with Crippen molar-refractivity contribution in [3.8, 4) is 11.5 Å². The largest absolute Gasteiger partial charge is 0.493 e. The molecule has 1 aliphatic heterocycles. The Bertz CT molecular complexity index is 535. The third-order valence-corrected chi connectivity index (χ3v) is 4.05. The Morgan fingerprint density at radius 2 is 2.27 bits per heavy atom. The van der Waals surface area contributed by atoms with E-state index in [2.05, 4.69) is 4.90 Å². The maximum atomic E-state index is 11.0. The molecule has 122 valence electrons. The molecule has 22 heavy (non-hydrogen) atoms. The van der Waals surface area contributed by atoms with Crippen LogP contribution in [0.4, 0.5) is 0 Å². The van der Waals surface area contributed by atoms with E-state index in [1.54, 1.807) is 7.11 Å². The Balaban J connectivity index is 2.09. The molecule has 6 heteroatoms. The molecule has 1 saturated heterocycles. The minimum Gasteiger partial charge on any atom is -0.493 e. The molecule has 0 bridgehead atoms. The number of hydrogen-bond acceptors (Lipinski definition) is 4. The summed E-state index contributed by atoms with van der Waals surface area (Å²) in [5.41, 5.74) is 0.997. The van der Waals surface area contributed by atoms with Gasteiger partial charge in [0.05, 0.1) is 24.7 Å². The molecule has 5 nitrogen and oxygen atoms in total. The average Bonchev–Trinajstić information content (AvgIpc) is 2.94. The second-order valence-corrected chi connectivity index (χ2v) is 5.92. The van der Waals surface area contributed by atoms with Crippen LogP contribution in [0, 0.1) is 5.92 Å². The van der Waals surface area contributed by atoms with Gasteiger partial charge in [0.25, 0.3) is 0 Å². The molecule has 1 atom stereocenters. The number of aliphatic carboxylic acids is 1. The van der Waals surface area contributed by atoms with Crippen LogP contribution in [0.5, 0.6) is 11.5 Å². The zero-order chi connectivity index (χ0) is 16.1. The van der Waals surface area contributed by atoms with Crippen LogP contribution in [0.3, 0.4) is 0 Å². The van der Waals surface area contributed by atoms with Crippen molar-refractivity contribution in [3.05, 3.63) is 22.7 Å². The first kappa shape index (κ1) is 16.9. The summed E-state index contributed by atoms with van der Waals surface area (Å²) in [6.45, 7) is 4.63. The van der Waals surface area contributed by atoms with Gasteiger partial charge in [-0.15, -0.1) is 0 Å². The molecule has 1 aromatic carbocycles. The molecular weight excluding hydrogens is 306 g/mol. The lowest BCUT2D eigenvalue weighted by molar-refractivity contribution is -0.141. The molecule has 1 unspecified atom stereocenters. The molecule has 2 rings (SSSR count). The number of carbonyl (C=O) groups is 1. The van der Waals surface area contributed by atoms with Crippen molar-refractivity contribution >= 4 is 17.6 Å². The van der Waals surface area contributed by atoms with E-state index in [0.29, 0.717) is 42.6 Å². The normalized spacial score (nSPS) is 18.4. The molecule has 0 aromatic heterocycles. The SMILES string of the molecule is CCCOc1c(Cl)cc(CN2CCC(C(=O)O)C2)cc1OC. The Morgan fingerprint density at radius 1 is 1.50 bits per heavy atom. The van der Waals surface area contributed by atoms with Crippen molar-refractivity contribution < 1.29 is 19.4 Å². The zero-order valence-corrected chi connectivity index (χ0v) is 13.7. The highest BCUT2D eigenvalue weighted by atomic mass is 35.5. The number of carboxylic acid groups (broad SMARTS) is 1. The molecule has 1 heterocycles. The summed E-state index contributed by atoms with van der Waals surface area (Å²) in [6, 6.07) is 3.77.